The van der Waals surface area contributed by atoms with Crippen LogP contribution in [-0.4, -0.2) is 40.5 Å². The molecular weight excluding hydrogens is 333 g/mol. The second kappa shape index (κ2) is 7.61. The maximum atomic E-state index is 12.7. The second-order valence-corrected chi connectivity index (χ2v) is 6.85. The van der Waals surface area contributed by atoms with Crippen molar-refractivity contribution >= 4 is 5.96 Å². The molecule has 0 amide bonds. The number of alkyl halides is 3. The molecule has 9 heteroatoms. The van der Waals surface area contributed by atoms with Crippen molar-refractivity contribution in [3.05, 3.63) is 11.6 Å². The summed E-state index contributed by atoms with van der Waals surface area (Å²) in [4.78, 5) is 4.18. The Labute approximate surface area is 145 Å². The minimum absolute atomic E-state index is 0.230. The first kappa shape index (κ1) is 18.0. The van der Waals surface area contributed by atoms with E-state index in [-0.39, 0.29) is 18.8 Å². The fourth-order valence-electron chi connectivity index (χ4n) is 3.66. The predicted molar refractivity (Wildman–Crippen MR) is 88.0 cm³/mol. The van der Waals surface area contributed by atoms with Crippen LogP contribution in [0.4, 0.5) is 13.2 Å². The molecule has 0 atom stereocenters. The lowest BCUT2D eigenvalue weighted by molar-refractivity contribution is -0.183. The first-order valence-corrected chi connectivity index (χ1v) is 8.89. The topological polar surface area (TPSA) is 67.1 Å². The quantitative estimate of drug-likeness (QED) is 0.640. The van der Waals surface area contributed by atoms with E-state index in [9.17, 15) is 13.2 Å². The van der Waals surface area contributed by atoms with E-state index in [0.717, 1.165) is 31.0 Å². The van der Waals surface area contributed by atoms with Gasteiger partial charge in [-0.1, -0.05) is 0 Å². The summed E-state index contributed by atoms with van der Waals surface area (Å²) in [7, 11) is 1.68. The highest BCUT2D eigenvalue weighted by Crippen LogP contribution is 2.39. The zero-order valence-electron chi connectivity index (χ0n) is 14.4. The maximum absolute atomic E-state index is 12.7. The van der Waals surface area contributed by atoms with Gasteiger partial charge in [-0.15, -0.1) is 10.2 Å². The van der Waals surface area contributed by atoms with E-state index >= 15 is 0 Å². The van der Waals surface area contributed by atoms with E-state index in [4.69, 9.17) is 0 Å². The molecule has 25 heavy (non-hydrogen) atoms. The first-order valence-electron chi connectivity index (χ1n) is 8.89. The van der Waals surface area contributed by atoms with Gasteiger partial charge in [0.15, 0.2) is 11.8 Å². The molecule has 0 aromatic carbocycles. The van der Waals surface area contributed by atoms with Crippen molar-refractivity contribution in [3.8, 4) is 0 Å². The Morgan fingerprint density at radius 3 is 2.64 bits per heavy atom. The first-order chi connectivity index (χ1) is 12.0. The molecule has 2 N–H and O–H groups in total. The normalized spacial score (nSPS) is 24.2. The molecule has 3 rings (SSSR count). The van der Waals surface area contributed by atoms with Gasteiger partial charge in [-0.05, 0) is 38.0 Å². The predicted octanol–water partition coefficient (Wildman–Crippen LogP) is 2.26. The molecule has 1 aromatic rings. The van der Waals surface area contributed by atoms with Gasteiger partial charge in [0.1, 0.15) is 5.82 Å². The third kappa shape index (κ3) is 4.43. The number of aromatic nitrogens is 3. The molecule has 1 saturated carbocycles. The summed E-state index contributed by atoms with van der Waals surface area (Å²) in [5, 5.41) is 14.8. The van der Waals surface area contributed by atoms with E-state index in [1.54, 1.807) is 7.05 Å². The lowest BCUT2D eigenvalue weighted by Crippen LogP contribution is -2.41. The Morgan fingerprint density at radius 1 is 1.20 bits per heavy atom. The summed E-state index contributed by atoms with van der Waals surface area (Å²) in [5.41, 5.74) is 0. The standard InChI is InChI=1S/C16H25F3N6/c1-20-15(22-10-14-24-23-13-3-2-8-25(13)14)21-9-11-4-6-12(7-5-11)16(17,18)19/h11-12H,2-10H2,1H3,(H2,20,21,22). The number of hydrogen-bond acceptors (Lipinski definition) is 3. The molecule has 6 nitrogen and oxygen atoms in total. The van der Waals surface area contributed by atoms with Crippen molar-refractivity contribution in [2.24, 2.45) is 16.8 Å². The highest BCUT2D eigenvalue weighted by atomic mass is 19.4. The summed E-state index contributed by atoms with van der Waals surface area (Å²) >= 11 is 0. The molecule has 1 fully saturated rings. The van der Waals surface area contributed by atoms with Gasteiger partial charge in [-0.3, -0.25) is 4.99 Å². The molecule has 0 radical (unpaired) electrons. The van der Waals surface area contributed by atoms with Gasteiger partial charge in [0, 0.05) is 26.6 Å². The van der Waals surface area contributed by atoms with Gasteiger partial charge >= 0.3 is 6.18 Å². The largest absolute Gasteiger partial charge is 0.391 e. The molecule has 1 aromatic heterocycles. The van der Waals surface area contributed by atoms with Crippen LogP contribution in [0.1, 0.15) is 43.8 Å². The lowest BCUT2D eigenvalue weighted by Gasteiger charge is -2.30. The fourth-order valence-corrected chi connectivity index (χ4v) is 3.66. The Bertz CT molecular complexity index is 602. The van der Waals surface area contributed by atoms with E-state index in [1.807, 2.05) is 0 Å². The van der Waals surface area contributed by atoms with Crippen molar-refractivity contribution in [2.45, 2.75) is 57.8 Å². The van der Waals surface area contributed by atoms with Crippen LogP contribution in [0.5, 0.6) is 0 Å². The van der Waals surface area contributed by atoms with Crippen molar-refractivity contribution in [3.63, 3.8) is 0 Å². The molecule has 2 aliphatic rings. The average molecular weight is 358 g/mol. The smallest absolute Gasteiger partial charge is 0.356 e. The van der Waals surface area contributed by atoms with Crippen molar-refractivity contribution in [1.29, 1.82) is 0 Å². The summed E-state index contributed by atoms with van der Waals surface area (Å²) in [5.74, 6) is 1.70. The van der Waals surface area contributed by atoms with Gasteiger partial charge < -0.3 is 15.2 Å². The zero-order chi connectivity index (χ0) is 17.9. The number of aliphatic imine (C=N–C) groups is 1. The lowest BCUT2D eigenvalue weighted by atomic mass is 9.81. The van der Waals surface area contributed by atoms with Gasteiger partial charge in [-0.25, -0.2) is 0 Å². The highest BCUT2D eigenvalue weighted by molar-refractivity contribution is 5.79. The van der Waals surface area contributed by atoms with Gasteiger partial charge in [-0.2, -0.15) is 13.2 Å². The van der Waals surface area contributed by atoms with E-state index in [0.29, 0.717) is 31.9 Å². The summed E-state index contributed by atoms with van der Waals surface area (Å²) in [6.45, 7) is 2.13. The Morgan fingerprint density at radius 2 is 1.96 bits per heavy atom. The van der Waals surface area contributed by atoms with Crippen LogP contribution in [0.2, 0.25) is 0 Å². The summed E-state index contributed by atoms with van der Waals surface area (Å²) < 4.78 is 40.3. The number of guanidine groups is 1. The third-order valence-electron chi connectivity index (χ3n) is 5.19. The highest BCUT2D eigenvalue weighted by Gasteiger charge is 2.41. The van der Waals surface area contributed by atoms with Gasteiger partial charge in [0.05, 0.1) is 12.5 Å². The van der Waals surface area contributed by atoms with E-state index in [2.05, 4.69) is 30.4 Å². The number of nitrogens with one attached hydrogen (secondary N) is 2. The van der Waals surface area contributed by atoms with Gasteiger partial charge in [0.2, 0.25) is 0 Å². The number of nitrogens with zero attached hydrogens (tertiary/aromatic N) is 4. The molecule has 1 aliphatic heterocycles. The third-order valence-corrected chi connectivity index (χ3v) is 5.19. The number of hydrogen-bond donors (Lipinski definition) is 2. The summed E-state index contributed by atoms with van der Waals surface area (Å²) in [6, 6.07) is 0. The average Bonchev–Trinajstić information content (AvgIpc) is 3.19. The SMILES string of the molecule is CN=C(NCc1nnc2n1CCC2)NCC1CCC(C(F)(F)F)CC1. The monoisotopic (exact) mass is 358 g/mol. The number of rotatable bonds is 4. The Kier molecular flexibility index (Phi) is 5.48. The van der Waals surface area contributed by atoms with Crippen LogP contribution in [-0.2, 0) is 19.5 Å². The molecule has 2 heterocycles. The molecular formula is C16H25F3N6. The van der Waals surface area contributed by atoms with Crippen molar-refractivity contribution in [1.82, 2.24) is 25.4 Å². The second-order valence-electron chi connectivity index (χ2n) is 6.85. The van der Waals surface area contributed by atoms with Crippen molar-refractivity contribution < 1.29 is 13.2 Å². The minimum atomic E-state index is -4.05. The molecule has 0 bridgehead atoms. The molecule has 0 spiro atoms. The Hall–Kier alpha value is -1.80. The fraction of sp³-hybridized carbons (Fsp3) is 0.812. The van der Waals surface area contributed by atoms with Gasteiger partial charge in [0.25, 0.3) is 0 Å². The molecule has 0 saturated heterocycles. The van der Waals surface area contributed by atoms with Crippen LogP contribution in [0.3, 0.4) is 0 Å². The van der Waals surface area contributed by atoms with Crippen LogP contribution in [0.15, 0.2) is 4.99 Å². The van der Waals surface area contributed by atoms with Crippen LogP contribution >= 0.6 is 0 Å². The minimum Gasteiger partial charge on any atom is -0.356 e. The van der Waals surface area contributed by atoms with E-state index < -0.39 is 12.1 Å². The molecule has 0 unspecified atom stereocenters. The Balaban J connectivity index is 1.41. The summed E-state index contributed by atoms with van der Waals surface area (Å²) in [6.07, 6.45) is -0.306. The number of fused-ring (bicyclic) bond motifs is 1. The molecule has 1 aliphatic carbocycles. The van der Waals surface area contributed by atoms with Crippen LogP contribution in [0.25, 0.3) is 0 Å². The molecule has 140 valence electrons. The van der Waals surface area contributed by atoms with Crippen molar-refractivity contribution in [2.75, 3.05) is 13.6 Å². The van der Waals surface area contributed by atoms with E-state index in [1.165, 1.54) is 0 Å². The number of halogens is 3. The van der Waals surface area contributed by atoms with Crippen LogP contribution < -0.4 is 10.6 Å². The number of aryl methyl sites for hydroxylation is 1. The zero-order valence-corrected chi connectivity index (χ0v) is 14.4. The maximum Gasteiger partial charge on any atom is 0.391 e. The van der Waals surface area contributed by atoms with Crippen LogP contribution in [0, 0.1) is 11.8 Å².